The normalized spacial score (nSPS) is 15.1. The summed E-state index contributed by atoms with van der Waals surface area (Å²) >= 11 is 1.36. The molecular weight excluding hydrogens is 406 g/mol. The number of hydrogen-bond acceptors (Lipinski definition) is 7. The molecular formula is C22H23NO6S. The molecule has 0 aliphatic carbocycles. The molecule has 2 amide bonds. The van der Waals surface area contributed by atoms with Crippen molar-refractivity contribution in [1.29, 1.82) is 0 Å². The van der Waals surface area contributed by atoms with Gasteiger partial charge in [-0.05, 0) is 41.6 Å². The van der Waals surface area contributed by atoms with Gasteiger partial charge in [0.2, 0.25) is 5.75 Å². The fraction of sp³-hybridized carbons (Fsp3) is 0.273. The summed E-state index contributed by atoms with van der Waals surface area (Å²) in [4.78, 5) is 27.3. The molecule has 1 aliphatic rings. The topological polar surface area (TPSA) is 85.3 Å². The summed E-state index contributed by atoms with van der Waals surface area (Å²) in [7, 11) is 4.53. The molecule has 2 aromatic rings. The Morgan fingerprint density at radius 1 is 1.20 bits per heavy atom. The molecule has 0 bridgehead atoms. The van der Waals surface area contributed by atoms with E-state index in [2.05, 4.69) is 0 Å². The number of amides is 2. The highest BCUT2D eigenvalue weighted by Crippen LogP contribution is 2.38. The predicted molar refractivity (Wildman–Crippen MR) is 114 cm³/mol. The first-order valence-corrected chi connectivity index (χ1v) is 10.1. The number of carbonyl (C=O) groups excluding carboxylic acids is 2. The average molecular weight is 429 g/mol. The number of carbonyl (C=O) groups is 2. The minimum absolute atomic E-state index is 0.221. The minimum Gasteiger partial charge on any atom is -0.493 e. The molecule has 0 spiro atoms. The Bertz CT molecular complexity index is 955. The van der Waals surface area contributed by atoms with Gasteiger partial charge in [0.25, 0.3) is 11.8 Å². The summed E-state index contributed by atoms with van der Waals surface area (Å²) in [6, 6.07) is 6.97. The molecule has 158 valence electrons. The summed E-state index contributed by atoms with van der Waals surface area (Å²) < 4.78 is 15.9. The van der Waals surface area contributed by atoms with Crippen LogP contribution < -0.4 is 14.2 Å². The zero-order valence-corrected chi connectivity index (χ0v) is 17.8. The lowest BCUT2D eigenvalue weighted by molar-refractivity contribution is -0.140. The molecule has 0 saturated carbocycles. The first-order chi connectivity index (χ1) is 14.5. The first-order valence-electron chi connectivity index (χ1n) is 9.25. The van der Waals surface area contributed by atoms with E-state index in [1.807, 2.05) is 5.38 Å². The van der Waals surface area contributed by atoms with Crippen LogP contribution in [0.3, 0.4) is 0 Å². The summed E-state index contributed by atoms with van der Waals surface area (Å²) in [5.41, 5.74) is 0.870. The van der Waals surface area contributed by atoms with Gasteiger partial charge >= 0.3 is 0 Å². The SMILES string of the molecule is COc1cc(/C=C/C(=O)N2CCC=C(C(O)c3cccs3)C2=O)cc(OC)c1OC. The van der Waals surface area contributed by atoms with Gasteiger partial charge in [-0.15, -0.1) is 11.3 Å². The fourth-order valence-electron chi connectivity index (χ4n) is 3.19. The number of rotatable bonds is 7. The van der Waals surface area contributed by atoms with Gasteiger partial charge in [-0.3, -0.25) is 14.5 Å². The van der Waals surface area contributed by atoms with Crippen LogP contribution in [-0.2, 0) is 9.59 Å². The van der Waals surface area contributed by atoms with Gasteiger partial charge in [-0.25, -0.2) is 0 Å². The van der Waals surface area contributed by atoms with Gasteiger partial charge in [0, 0.05) is 23.1 Å². The second kappa shape index (κ2) is 9.60. The van der Waals surface area contributed by atoms with Crippen LogP contribution in [0.15, 0.2) is 47.4 Å². The Morgan fingerprint density at radius 3 is 2.47 bits per heavy atom. The molecule has 2 heterocycles. The molecule has 0 radical (unpaired) electrons. The minimum atomic E-state index is -1.04. The third-order valence-electron chi connectivity index (χ3n) is 4.69. The smallest absolute Gasteiger partial charge is 0.259 e. The van der Waals surface area contributed by atoms with Crippen molar-refractivity contribution in [3.05, 3.63) is 57.8 Å². The quantitative estimate of drug-likeness (QED) is 0.681. The van der Waals surface area contributed by atoms with E-state index in [4.69, 9.17) is 14.2 Å². The van der Waals surface area contributed by atoms with E-state index in [1.54, 1.807) is 36.4 Å². The second-order valence-electron chi connectivity index (χ2n) is 6.45. The zero-order valence-electron chi connectivity index (χ0n) is 17.0. The molecule has 7 nitrogen and oxygen atoms in total. The highest BCUT2D eigenvalue weighted by molar-refractivity contribution is 7.10. The van der Waals surface area contributed by atoms with Crippen molar-refractivity contribution in [2.24, 2.45) is 0 Å². The third-order valence-corrected chi connectivity index (χ3v) is 5.61. The number of thiophene rings is 1. The Hall–Kier alpha value is -3.10. The predicted octanol–water partition coefficient (Wildman–Crippen LogP) is 3.21. The van der Waals surface area contributed by atoms with E-state index in [9.17, 15) is 14.7 Å². The molecule has 1 unspecified atom stereocenters. The monoisotopic (exact) mass is 429 g/mol. The van der Waals surface area contributed by atoms with Crippen LogP contribution in [0.1, 0.15) is 23.0 Å². The highest BCUT2D eigenvalue weighted by Gasteiger charge is 2.31. The molecule has 0 fully saturated rings. The maximum atomic E-state index is 12.8. The van der Waals surface area contributed by atoms with Crippen molar-refractivity contribution in [1.82, 2.24) is 4.90 Å². The standard InChI is InChI=1S/C22H23NO6S/c1-27-16-12-14(13-17(28-2)21(16)29-3)8-9-19(24)23-10-4-6-15(22(23)26)20(25)18-7-5-11-30-18/h5-9,11-13,20,25H,4,10H2,1-3H3/b9-8+. The molecule has 30 heavy (non-hydrogen) atoms. The van der Waals surface area contributed by atoms with Crippen LogP contribution in [0, 0.1) is 0 Å². The first kappa shape index (κ1) is 21.6. The van der Waals surface area contributed by atoms with Gasteiger partial charge in [-0.1, -0.05) is 12.1 Å². The number of benzene rings is 1. The van der Waals surface area contributed by atoms with E-state index in [-0.39, 0.29) is 12.1 Å². The Labute approximate surface area is 178 Å². The number of aliphatic hydroxyl groups is 1. The summed E-state index contributed by atoms with van der Waals surface area (Å²) in [5, 5.41) is 12.3. The molecule has 1 aromatic carbocycles. The van der Waals surface area contributed by atoms with Crippen molar-refractivity contribution in [2.75, 3.05) is 27.9 Å². The van der Waals surface area contributed by atoms with Crippen LogP contribution in [0.25, 0.3) is 6.08 Å². The molecule has 0 saturated heterocycles. The van der Waals surface area contributed by atoms with Crippen molar-refractivity contribution in [3.63, 3.8) is 0 Å². The largest absolute Gasteiger partial charge is 0.493 e. The Kier molecular flexibility index (Phi) is 6.91. The fourth-order valence-corrected chi connectivity index (χ4v) is 3.92. The van der Waals surface area contributed by atoms with E-state index in [1.165, 1.54) is 38.7 Å². The van der Waals surface area contributed by atoms with Gasteiger partial charge in [0.05, 0.1) is 21.3 Å². The lowest BCUT2D eigenvalue weighted by atomic mass is 10.0. The van der Waals surface area contributed by atoms with Gasteiger partial charge < -0.3 is 19.3 Å². The maximum Gasteiger partial charge on any atom is 0.259 e. The molecule has 1 N–H and O–H groups in total. The maximum absolute atomic E-state index is 12.8. The number of nitrogens with zero attached hydrogens (tertiary/aromatic N) is 1. The van der Waals surface area contributed by atoms with E-state index in [0.29, 0.717) is 34.1 Å². The number of ether oxygens (including phenoxy) is 3. The number of imide groups is 1. The number of aliphatic hydroxyl groups excluding tert-OH is 1. The van der Waals surface area contributed by atoms with Crippen molar-refractivity contribution in [2.45, 2.75) is 12.5 Å². The molecule has 1 aliphatic heterocycles. The summed E-state index contributed by atoms with van der Waals surface area (Å²) in [6.07, 6.45) is 4.05. The van der Waals surface area contributed by atoms with Crippen LogP contribution in [0.4, 0.5) is 0 Å². The number of hydrogen-bond donors (Lipinski definition) is 1. The van der Waals surface area contributed by atoms with Gasteiger partial charge in [-0.2, -0.15) is 0 Å². The zero-order chi connectivity index (χ0) is 21.7. The molecule has 1 atom stereocenters. The lowest BCUT2D eigenvalue weighted by Crippen LogP contribution is -2.40. The summed E-state index contributed by atoms with van der Waals surface area (Å²) in [5.74, 6) is 0.427. The number of methoxy groups -OCH3 is 3. The van der Waals surface area contributed by atoms with Gasteiger partial charge in [0.1, 0.15) is 6.10 Å². The van der Waals surface area contributed by atoms with Crippen molar-refractivity contribution < 1.29 is 28.9 Å². The van der Waals surface area contributed by atoms with E-state index >= 15 is 0 Å². The Morgan fingerprint density at radius 2 is 1.90 bits per heavy atom. The Balaban J connectivity index is 1.78. The third kappa shape index (κ3) is 4.39. The second-order valence-corrected chi connectivity index (χ2v) is 7.43. The molecule has 3 rings (SSSR count). The van der Waals surface area contributed by atoms with Gasteiger partial charge in [0.15, 0.2) is 11.5 Å². The lowest BCUT2D eigenvalue weighted by Gasteiger charge is -2.26. The van der Waals surface area contributed by atoms with Crippen LogP contribution in [0.2, 0.25) is 0 Å². The molecule has 1 aromatic heterocycles. The van der Waals surface area contributed by atoms with Crippen LogP contribution in [0.5, 0.6) is 17.2 Å². The van der Waals surface area contributed by atoms with Crippen molar-refractivity contribution in [3.8, 4) is 17.2 Å². The highest BCUT2D eigenvalue weighted by atomic mass is 32.1. The summed E-state index contributed by atoms with van der Waals surface area (Å²) in [6.45, 7) is 0.262. The van der Waals surface area contributed by atoms with Crippen LogP contribution >= 0.6 is 11.3 Å². The van der Waals surface area contributed by atoms with Crippen LogP contribution in [-0.4, -0.2) is 49.7 Å². The van der Waals surface area contributed by atoms with E-state index < -0.39 is 17.9 Å². The van der Waals surface area contributed by atoms with E-state index in [0.717, 1.165) is 4.90 Å². The molecule has 8 heteroatoms. The average Bonchev–Trinajstić information content (AvgIpc) is 3.31. The van der Waals surface area contributed by atoms with Crippen molar-refractivity contribution >= 4 is 29.2 Å².